The number of aryl methyl sites for hydroxylation is 1. The first-order chi connectivity index (χ1) is 12.0. The third kappa shape index (κ3) is 4.26. The van der Waals surface area contributed by atoms with Crippen LogP contribution < -0.4 is 10.9 Å². The molecule has 2 aromatic heterocycles. The molecule has 0 unspecified atom stereocenters. The van der Waals surface area contributed by atoms with E-state index in [1.165, 1.54) is 18.2 Å². The molecule has 0 aliphatic rings. The number of aromatic nitrogens is 3. The van der Waals surface area contributed by atoms with E-state index >= 15 is 0 Å². The maximum Gasteiger partial charge on any atom is 0.251 e. The molecule has 2 heterocycles. The highest BCUT2D eigenvalue weighted by Gasteiger charge is 2.05. The van der Waals surface area contributed by atoms with Gasteiger partial charge in [0.15, 0.2) is 0 Å². The van der Waals surface area contributed by atoms with E-state index < -0.39 is 11.6 Å². The molecule has 0 saturated carbocycles. The number of hydrogen-bond acceptors (Lipinski definition) is 4. The van der Waals surface area contributed by atoms with E-state index in [9.17, 15) is 13.6 Å². The van der Waals surface area contributed by atoms with Crippen molar-refractivity contribution in [2.24, 2.45) is 0 Å². The van der Waals surface area contributed by atoms with E-state index in [0.717, 1.165) is 6.07 Å². The van der Waals surface area contributed by atoms with Crippen molar-refractivity contribution in [1.82, 2.24) is 15.0 Å². The topological polar surface area (TPSA) is 70.7 Å². The van der Waals surface area contributed by atoms with E-state index in [0.29, 0.717) is 34.9 Å². The predicted molar refractivity (Wildman–Crippen MR) is 91.2 cm³/mol. The zero-order valence-electron chi connectivity index (χ0n) is 13.5. The Hall–Kier alpha value is -3.09. The van der Waals surface area contributed by atoms with Crippen LogP contribution in [0.5, 0.6) is 0 Å². The Labute approximate surface area is 142 Å². The molecular formula is C18H16F2N4O. The molecule has 0 saturated heterocycles. The quantitative estimate of drug-likeness (QED) is 0.746. The van der Waals surface area contributed by atoms with Crippen molar-refractivity contribution >= 4 is 5.82 Å². The van der Waals surface area contributed by atoms with Gasteiger partial charge in [-0.25, -0.2) is 18.7 Å². The molecule has 1 aromatic carbocycles. The number of pyridine rings is 1. The van der Waals surface area contributed by atoms with E-state index in [2.05, 4.69) is 20.3 Å². The Morgan fingerprint density at radius 2 is 1.88 bits per heavy atom. The molecule has 3 rings (SSSR count). The zero-order valence-corrected chi connectivity index (χ0v) is 13.5. The van der Waals surface area contributed by atoms with E-state index in [4.69, 9.17) is 0 Å². The summed E-state index contributed by atoms with van der Waals surface area (Å²) in [6.45, 7) is 2.16. The van der Waals surface area contributed by atoms with Gasteiger partial charge in [-0.3, -0.25) is 4.79 Å². The fraction of sp³-hybridized carbons (Fsp3) is 0.167. The third-order valence-electron chi connectivity index (χ3n) is 3.59. The normalized spacial score (nSPS) is 10.7. The van der Waals surface area contributed by atoms with Crippen molar-refractivity contribution in [2.45, 2.75) is 19.9 Å². The maximum atomic E-state index is 13.2. The van der Waals surface area contributed by atoms with Gasteiger partial charge < -0.3 is 10.3 Å². The minimum atomic E-state index is -0.619. The molecule has 5 nitrogen and oxygen atoms in total. The van der Waals surface area contributed by atoms with Crippen LogP contribution in [0.2, 0.25) is 0 Å². The van der Waals surface area contributed by atoms with Gasteiger partial charge in [-0.2, -0.15) is 0 Å². The zero-order chi connectivity index (χ0) is 17.8. The Morgan fingerprint density at radius 3 is 2.52 bits per heavy atom. The fourth-order valence-corrected chi connectivity index (χ4v) is 2.37. The molecule has 0 radical (unpaired) electrons. The Morgan fingerprint density at radius 1 is 1.12 bits per heavy atom. The monoisotopic (exact) mass is 342 g/mol. The minimum Gasteiger partial charge on any atom is -0.366 e. The summed E-state index contributed by atoms with van der Waals surface area (Å²) in [4.78, 5) is 22.9. The van der Waals surface area contributed by atoms with Crippen molar-refractivity contribution in [3.05, 3.63) is 75.8 Å². The largest absolute Gasteiger partial charge is 0.366 e. The van der Waals surface area contributed by atoms with Crippen LogP contribution in [-0.4, -0.2) is 15.0 Å². The van der Waals surface area contributed by atoms with Gasteiger partial charge >= 0.3 is 0 Å². The molecule has 0 aliphatic carbocycles. The molecule has 0 atom stereocenters. The van der Waals surface area contributed by atoms with Gasteiger partial charge in [-0.1, -0.05) is 6.92 Å². The minimum absolute atomic E-state index is 0.211. The summed E-state index contributed by atoms with van der Waals surface area (Å²) in [6.07, 6.45) is 2.24. The molecule has 2 N–H and O–H groups in total. The van der Waals surface area contributed by atoms with Crippen LogP contribution in [-0.2, 0) is 13.0 Å². The van der Waals surface area contributed by atoms with Crippen LogP contribution in [0.25, 0.3) is 11.4 Å². The molecular weight excluding hydrogens is 326 g/mol. The van der Waals surface area contributed by atoms with Crippen LogP contribution in [0.1, 0.15) is 18.2 Å². The van der Waals surface area contributed by atoms with Crippen molar-refractivity contribution < 1.29 is 8.78 Å². The van der Waals surface area contributed by atoms with Crippen molar-refractivity contribution in [3.63, 3.8) is 0 Å². The number of benzene rings is 1. The lowest BCUT2D eigenvalue weighted by atomic mass is 10.2. The molecule has 128 valence electrons. The molecule has 25 heavy (non-hydrogen) atoms. The second-order valence-electron chi connectivity index (χ2n) is 5.50. The van der Waals surface area contributed by atoms with Gasteiger partial charge in [0, 0.05) is 36.1 Å². The smallest absolute Gasteiger partial charge is 0.251 e. The number of rotatable bonds is 5. The maximum absolute atomic E-state index is 13.2. The van der Waals surface area contributed by atoms with E-state index in [-0.39, 0.29) is 12.1 Å². The third-order valence-corrected chi connectivity index (χ3v) is 3.59. The molecule has 0 bridgehead atoms. The second-order valence-corrected chi connectivity index (χ2v) is 5.50. The Balaban J connectivity index is 1.74. The standard InChI is InChI=1S/C18H16F2N4O/c1-2-15-8-17(25)24-18(23-15)12-3-4-16(22-10-12)21-9-11-5-13(19)7-14(20)6-11/h3-8,10H,2,9H2,1H3,(H,21,22)(H,23,24,25). The van der Waals surface area contributed by atoms with Crippen molar-refractivity contribution in [1.29, 1.82) is 0 Å². The Bertz CT molecular complexity index is 918. The molecule has 3 aromatic rings. The summed E-state index contributed by atoms with van der Waals surface area (Å²) in [5.74, 6) is -0.241. The first-order valence-corrected chi connectivity index (χ1v) is 7.79. The van der Waals surface area contributed by atoms with Gasteiger partial charge in [0.25, 0.3) is 5.56 Å². The molecule has 0 amide bonds. The van der Waals surface area contributed by atoms with Crippen molar-refractivity contribution in [3.8, 4) is 11.4 Å². The summed E-state index contributed by atoms with van der Waals surface area (Å²) in [6, 6.07) is 8.28. The summed E-state index contributed by atoms with van der Waals surface area (Å²) in [7, 11) is 0. The first-order valence-electron chi connectivity index (χ1n) is 7.79. The highest BCUT2D eigenvalue weighted by atomic mass is 19.1. The predicted octanol–water partition coefficient (Wildman–Crippen LogP) is 3.28. The summed E-state index contributed by atoms with van der Waals surface area (Å²) in [5, 5.41) is 2.99. The van der Waals surface area contributed by atoms with Crippen LogP contribution in [0.4, 0.5) is 14.6 Å². The average molecular weight is 342 g/mol. The second kappa shape index (κ2) is 7.21. The van der Waals surface area contributed by atoms with E-state index in [1.54, 1.807) is 18.3 Å². The number of anilines is 1. The summed E-state index contributed by atoms with van der Waals surface area (Å²) < 4.78 is 26.3. The van der Waals surface area contributed by atoms with Crippen molar-refractivity contribution in [2.75, 3.05) is 5.32 Å². The number of halogens is 2. The van der Waals surface area contributed by atoms with E-state index in [1.807, 2.05) is 6.92 Å². The number of H-pyrrole nitrogens is 1. The SMILES string of the molecule is CCc1cc(=O)[nH]c(-c2ccc(NCc3cc(F)cc(F)c3)nc2)n1. The highest BCUT2D eigenvalue weighted by Crippen LogP contribution is 2.16. The van der Waals surface area contributed by atoms with Gasteiger partial charge in [0.2, 0.25) is 0 Å². The molecule has 0 fully saturated rings. The van der Waals surface area contributed by atoms with Gasteiger partial charge in [-0.15, -0.1) is 0 Å². The lowest BCUT2D eigenvalue weighted by molar-refractivity contribution is 0.580. The fourth-order valence-electron chi connectivity index (χ4n) is 2.37. The number of nitrogens with zero attached hydrogens (tertiary/aromatic N) is 2. The molecule has 0 aliphatic heterocycles. The average Bonchev–Trinajstić information content (AvgIpc) is 2.59. The lowest BCUT2D eigenvalue weighted by Gasteiger charge is -2.07. The van der Waals surface area contributed by atoms with Crippen LogP contribution in [0.15, 0.2) is 47.4 Å². The molecule has 0 spiro atoms. The summed E-state index contributed by atoms with van der Waals surface area (Å²) in [5.41, 5.74) is 1.64. The highest BCUT2D eigenvalue weighted by molar-refractivity contribution is 5.55. The molecule has 7 heteroatoms. The van der Waals surface area contributed by atoms with Gasteiger partial charge in [-0.05, 0) is 36.2 Å². The van der Waals surface area contributed by atoms with Crippen LogP contribution in [0, 0.1) is 11.6 Å². The first kappa shape index (κ1) is 16.8. The van der Waals surface area contributed by atoms with Crippen LogP contribution in [0.3, 0.4) is 0 Å². The summed E-state index contributed by atoms with van der Waals surface area (Å²) >= 11 is 0. The number of nitrogens with one attached hydrogen (secondary N) is 2. The number of hydrogen-bond donors (Lipinski definition) is 2. The van der Waals surface area contributed by atoms with Crippen LogP contribution >= 0.6 is 0 Å². The van der Waals surface area contributed by atoms with Gasteiger partial charge in [0.1, 0.15) is 23.3 Å². The van der Waals surface area contributed by atoms with Gasteiger partial charge in [0.05, 0.1) is 0 Å². The Kier molecular flexibility index (Phi) is 4.83. The number of aromatic amines is 1. The lowest BCUT2D eigenvalue weighted by Crippen LogP contribution is -2.10.